The first kappa shape index (κ1) is 12.4. The second-order valence-electron chi connectivity index (χ2n) is 2.73. The van der Waals surface area contributed by atoms with Crippen molar-refractivity contribution >= 4 is 17.8 Å². The Kier molecular flexibility index (Phi) is 6.09. The zero-order valence-corrected chi connectivity index (χ0v) is 8.00. The molecule has 0 aliphatic carbocycles. The van der Waals surface area contributed by atoms with Gasteiger partial charge in [-0.1, -0.05) is 0 Å². The summed E-state index contributed by atoms with van der Waals surface area (Å²) in [6.07, 6.45) is -0.207. The number of carbonyl (C=O) groups is 3. The molecule has 0 spiro atoms. The van der Waals surface area contributed by atoms with Gasteiger partial charge in [-0.05, 0) is 0 Å². The van der Waals surface area contributed by atoms with Crippen molar-refractivity contribution in [3.8, 4) is 0 Å². The Bertz CT molecular complexity index is 227. The second-order valence-corrected chi connectivity index (χ2v) is 2.73. The Balaban J connectivity index is 3.36. The van der Waals surface area contributed by atoms with Crippen molar-refractivity contribution in [1.29, 1.82) is 0 Å². The standard InChI is InChI=1S/C8H14N2O4/c1-6(11)9-4-5-10-7(12)2-3-8(13)14/h2-5H2,1H3,(H,9,11)(H,10,12)(H,13,14). The molecular weight excluding hydrogens is 188 g/mol. The lowest BCUT2D eigenvalue weighted by Crippen LogP contribution is -2.33. The fourth-order valence-electron chi connectivity index (χ4n) is 0.749. The summed E-state index contributed by atoms with van der Waals surface area (Å²) in [4.78, 5) is 31.4. The van der Waals surface area contributed by atoms with Crippen molar-refractivity contribution in [2.45, 2.75) is 19.8 Å². The number of rotatable bonds is 6. The van der Waals surface area contributed by atoms with Crippen LogP contribution in [0, 0.1) is 0 Å². The minimum absolute atomic E-state index is 0.0323. The van der Waals surface area contributed by atoms with Gasteiger partial charge in [0.2, 0.25) is 11.8 Å². The van der Waals surface area contributed by atoms with Crippen molar-refractivity contribution < 1.29 is 19.5 Å². The molecule has 0 heterocycles. The topological polar surface area (TPSA) is 95.5 Å². The Morgan fingerprint density at radius 1 is 1.07 bits per heavy atom. The van der Waals surface area contributed by atoms with E-state index >= 15 is 0 Å². The van der Waals surface area contributed by atoms with E-state index in [1.54, 1.807) is 0 Å². The minimum atomic E-state index is -0.998. The third kappa shape index (κ3) is 8.51. The number of hydrogen-bond donors (Lipinski definition) is 3. The molecular formula is C8H14N2O4. The lowest BCUT2D eigenvalue weighted by atomic mass is 10.3. The Morgan fingerprint density at radius 2 is 1.64 bits per heavy atom. The van der Waals surface area contributed by atoms with Gasteiger partial charge in [0.05, 0.1) is 6.42 Å². The van der Waals surface area contributed by atoms with E-state index in [-0.39, 0.29) is 24.7 Å². The zero-order valence-electron chi connectivity index (χ0n) is 8.00. The van der Waals surface area contributed by atoms with Crippen LogP contribution in [0.25, 0.3) is 0 Å². The van der Waals surface area contributed by atoms with Gasteiger partial charge in [0.15, 0.2) is 0 Å². The van der Waals surface area contributed by atoms with Gasteiger partial charge in [-0.15, -0.1) is 0 Å². The average molecular weight is 202 g/mol. The fraction of sp³-hybridized carbons (Fsp3) is 0.625. The third-order valence-corrected chi connectivity index (χ3v) is 1.39. The van der Waals surface area contributed by atoms with E-state index in [1.807, 2.05) is 0 Å². The van der Waals surface area contributed by atoms with E-state index in [9.17, 15) is 14.4 Å². The number of carbonyl (C=O) groups excluding carboxylic acids is 2. The van der Waals surface area contributed by atoms with E-state index < -0.39 is 5.97 Å². The summed E-state index contributed by atoms with van der Waals surface area (Å²) in [5.74, 6) is -1.48. The summed E-state index contributed by atoms with van der Waals surface area (Å²) in [6, 6.07) is 0. The van der Waals surface area contributed by atoms with Gasteiger partial charge in [-0.2, -0.15) is 0 Å². The molecule has 0 aliphatic heterocycles. The predicted octanol–water partition coefficient (Wildman–Crippen LogP) is -0.896. The molecule has 0 atom stereocenters. The molecule has 0 rings (SSSR count). The number of carboxylic acids is 1. The van der Waals surface area contributed by atoms with Gasteiger partial charge in [-0.3, -0.25) is 14.4 Å². The highest BCUT2D eigenvalue weighted by atomic mass is 16.4. The summed E-state index contributed by atoms with van der Waals surface area (Å²) in [6.45, 7) is 2.05. The second kappa shape index (κ2) is 6.88. The average Bonchev–Trinajstić information content (AvgIpc) is 2.08. The molecule has 0 saturated heterocycles. The molecule has 3 N–H and O–H groups in total. The lowest BCUT2D eigenvalue weighted by Gasteiger charge is -2.04. The number of nitrogens with one attached hydrogen (secondary N) is 2. The summed E-state index contributed by atoms with van der Waals surface area (Å²) in [7, 11) is 0. The molecule has 0 fully saturated rings. The maximum Gasteiger partial charge on any atom is 0.303 e. The van der Waals surface area contributed by atoms with Crippen LogP contribution in [-0.2, 0) is 14.4 Å². The Hall–Kier alpha value is -1.59. The van der Waals surface area contributed by atoms with Crippen LogP contribution in [-0.4, -0.2) is 36.0 Å². The number of hydrogen-bond acceptors (Lipinski definition) is 3. The van der Waals surface area contributed by atoms with Crippen molar-refractivity contribution in [1.82, 2.24) is 10.6 Å². The normalized spacial score (nSPS) is 9.21. The molecule has 6 nitrogen and oxygen atoms in total. The van der Waals surface area contributed by atoms with Crippen LogP contribution in [0.15, 0.2) is 0 Å². The molecule has 0 saturated carbocycles. The van der Waals surface area contributed by atoms with E-state index in [1.165, 1.54) is 6.92 Å². The molecule has 2 amide bonds. The molecule has 14 heavy (non-hydrogen) atoms. The minimum Gasteiger partial charge on any atom is -0.481 e. The first-order chi connectivity index (χ1) is 6.52. The van der Waals surface area contributed by atoms with Gasteiger partial charge in [0.25, 0.3) is 0 Å². The van der Waals surface area contributed by atoms with Crippen LogP contribution >= 0.6 is 0 Å². The van der Waals surface area contributed by atoms with E-state index in [4.69, 9.17) is 5.11 Å². The molecule has 6 heteroatoms. The molecule has 0 radical (unpaired) electrons. The Labute approximate surface area is 81.7 Å². The Morgan fingerprint density at radius 3 is 2.14 bits per heavy atom. The SMILES string of the molecule is CC(=O)NCCNC(=O)CCC(=O)O. The largest absolute Gasteiger partial charge is 0.481 e. The first-order valence-electron chi connectivity index (χ1n) is 4.25. The number of carboxylic acid groups (broad SMARTS) is 1. The maximum atomic E-state index is 10.9. The van der Waals surface area contributed by atoms with Gasteiger partial charge in [0.1, 0.15) is 0 Å². The van der Waals surface area contributed by atoms with Crippen LogP contribution in [0.1, 0.15) is 19.8 Å². The molecule has 0 aromatic heterocycles. The lowest BCUT2D eigenvalue weighted by molar-refractivity contribution is -0.138. The highest BCUT2D eigenvalue weighted by molar-refractivity contribution is 5.80. The van der Waals surface area contributed by atoms with Gasteiger partial charge in [0, 0.05) is 26.4 Å². The first-order valence-corrected chi connectivity index (χ1v) is 4.25. The van der Waals surface area contributed by atoms with Gasteiger partial charge >= 0.3 is 5.97 Å². The van der Waals surface area contributed by atoms with E-state index in [0.29, 0.717) is 13.1 Å². The van der Waals surface area contributed by atoms with Crippen LogP contribution < -0.4 is 10.6 Å². The van der Waals surface area contributed by atoms with Crippen molar-refractivity contribution in [3.05, 3.63) is 0 Å². The predicted molar refractivity (Wildman–Crippen MR) is 48.6 cm³/mol. The highest BCUT2D eigenvalue weighted by Gasteiger charge is 2.03. The van der Waals surface area contributed by atoms with Crippen LogP contribution in [0.5, 0.6) is 0 Å². The molecule has 0 aromatic rings. The van der Waals surface area contributed by atoms with Gasteiger partial charge < -0.3 is 15.7 Å². The van der Waals surface area contributed by atoms with Crippen molar-refractivity contribution in [2.75, 3.05) is 13.1 Å². The molecule has 0 aromatic carbocycles. The van der Waals surface area contributed by atoms with Crippen LogP contribution in [0.4, 0.5) is 0 Å². The third-order valence-electron chi connectivity index (χ3n) is 1.39. The zero-order chi connectivity index (χ0) is 11.0. The maximum absolute atomic E-state index is 10.9. The summed E-state index contributed by atoms with van der Waals surface area (Å²) in [5, 5.41) is 13.2. The summed E-state index contributed by atoms with van der Waals surface area (Å²) < 4.78 is 0. The molecule has 0 unspecified atom stereocenters. The molecule has 80 valence electrons. The van der Waals surface area contributed by atoms with Crippen LogP contribution in [0.2, 0.25) is 0 Å². The van der Waals surface area contributed by atoms with E-state index in [0.717, 1.165) is 0 Å². The monoisotopic (exact) mass is 202 g/mol. The van der Waals surface area contributed by atoms with Crippen molar-refractivity contribution in [2.24, 2.45) is 0 Å². The van der Waals surface area contributed by atoms with Crippen LogP contribution in [0.3, 0.4) is 0 Å². The van der Waals surface area contributed by atoms with Gasteiger partial charge in [-0.25, -0.2) is 0 Å². The summed E-state index contributed by atoms with van der Waals surface area (Å²) >= 11 is 0. The molecule has 0 bridgehead atoms. The summed E-state index contributed by atoms with van der Waals surface area (Å²) in [5.41, 5.74) is 0. The quantitative estimate of drug-likeness (QED) is 0.486. The number of amides is 2. The highest BCUT2D eigenvalue weighted by Crippen LogP contribution is 1.87. The molecule has 0 aliphatic rings. The fourth-order valence-corrected chi connectivity index (χ4v) is 0.749. The number of aliphatic carboxylic acids is 1. The van der Waals surface area contributed by atoms with Crippen molar-refractivity contribution in [3.63, 3.8) is 0 Å². The van der Waals surface area contributed by atoms with E-state index in [2.05, 4.69) is 10.6 Å². The smallest absolute Gasteiger partial charge is 0.303 e.